The van der Waals surface area contributed by atoms with Crippen molar-refractivity contribution in [3.8, 4) is 5.75 Å². The molecular weight excluding hydrogens is 270 g/mol. The topological polar surface area (TPSA) is 29.5 Å². The van der Waals surface area contributed by atoms with Gasteiger partial charge in [-0.3, -0.25) is 8.72 Å². The van der Waals surface area contributed by atoms with E-state index in [4.69, 9.17) is 4.74 Å². The van der Waals surface area contributed by atoms with E-state index >= 15 is 0 Å². The summed E-state index contributed by atoms with van der Waals surface area (Å²) in [4.78, 5) is 11.1. The molecule has 1 aromatic carbocycles. The molecule has 0 bridgehead atoms. The van der Waals surface area contributed by atoms with Gasteiger partial charge in [-0.1, -0.05) is 12.1 Å². The highest BCUT2D eigenvalue weighted by Crippen LogP contribution is 2.16. The smallest absolute Gasteiger partial charge is 0.229 e. The Morgan fingerprint density at radius 2 is 2.00 bits per heavy atom. The normalized spacial score (nSPS) is 12.0. The monoisotopic (exact) mass is 285 g/mol. The summed E-state index contributed by atoms with van der Waals surface area (Å²) in [6.45, 7) is 3.54. The number of hydrogen-bond acceptors (Lipinski definition) is 2. The summed E-state index contributed by atoms with van der Waals surface area (Å²) in [5.41, 5.74) is 1.18. The second-order valence-corrected chi connectivity index (χ2v) is 4.50. The van der Waals surface area contributed by atoms with Crippen molar-refractivity contribution in [1.82, 2.24) is 3.93 Å². The first-order valence-corrected chi connectivity index (χ1v) is 5.84. The Balaban J connectivity index is 2.62. The molecule has 0 aliphatic carbocycles. The lowest BCUT2D eigenvalue weighted by molar-refractivity contribution is -0.124. The van der Waals surface area contributed by atoms with Crippen LogP contribution >= 0.6 is 16.1 Å². The summed E-state index contributed by atoms with van der Waals surface area (Å²) < 4.78 is 6.65. The van der Waals surface area contributed by atoms with Crippen molar-refractivity contribution in [3.63, 3.8) is 0 Å². The molecule has 1 aromatic rings. The van der Waals surface area contributed by atoms with E-state index in [1.807, 2.05) is 31.2 Å². The summed E-state index contributed by atoms with van der Waals surface area (Å²) >= 11 is 3.25. The quantitative estimate of drug-likeness (QED) is 0.797. The van der Waals surface area contributed by atoms with E-state index in [1.165, 1.54) is 5.56 Å². The van der Waals surface area contributed by atoms with Crippen molar-refractivity contribution in [2.24, 2.45) is 0 Å². The van der Waals surface area contributed by atoms with E-state index in [-0.39, 0.29) is 11.9 Å². The predicted octanol–water partition coefficient (Wildman–Crippen LogP) is 2.78. The van der Waals surface area contributed by atoms with Gasteiger partial charge in [0.1, 0.15) is 5.75 Å². The maximum absolute atomic E-state index is 11.1. The first-order chi connectivity index (χ1) is 7.54. The van der Waals surface area contributed by atoms with Crippen molar-refractivity contribution in [1.29, 1.82) is 0 Å². The van der Waals surface area contributed by atoms with Gasteiger partial charge in [0.15, 0.2) is 0 Å². The summed E-state index contributed by atoms with van der Waals surface area (Å²) in [5.74, 6) is 0.861. The second-order valence-electron chi connectivity index (χ2n) is 3.73. The molecule has 1 amide bonds. The minimum atomic E-state index is 0.0148. The lowest BCUT2D eigenvalue weighted by Gasteiger charge is -2.20. The zero-order chi connectivity index (χ0) is 12.1. The summed E-state index contributed by atoms with van der Waals surface area (Å²) in [5, 5.41) is 0. The SMILES string of the molecule is COc1ccc(CC(C)N(Br)C(C)=O)cc1. The Kier molecular flexibility index (Phi) is 4.80. The largest absolute Gasteiger partial charge is 0.497 e. The van der Waals surface area contributed by atoms with E-state index in [1.54, 1.807) is 18.0 Å². The molecule has 0 N–H and O–H groups in total. The Labute approximate surface area is 105 Å². The summed E-state index contributed by atoms with van der Waals surface area (Å²) in [6.07, 6.45) is 0.814. The first kappa shape index (κ1) is 13.0. The average Bonchev–Trinajstić information content (AvgIpc) is 2.28. The number of halogens is 1. The number of carbonyl (C=O) groups is 1. The number of nitrogens with zero attached hydrogens (tertiary/aromatic N) is 1. The van der Waals surface area contributed by atoms with Crippen LogP contribution in [-0.4, -0.2) is 23.0 Å². The number of methoxy groups -OCH3 is 1. The van der Waals surface area contributed by atoms with Crippen LogP contribution in [0.1, 0.15) is 19.4 Å². The molecule has 3 nitrogen and oxygen atoms in total. The Hall–Kier alpha value is -1.03. The fourth-order valence-electron chi connectivity index (χ4n) is 1.49. The Morgan fingerprint density at radius 3 is 2.44 bits per heavy atom. The molecule has 88 valence electrons. The molecule has 16 heavy (non-hydrogen) atoms. The van der Waals surface area contributed by atoms with Gasteiger partial charge in [-0.05, 0) is 31.0 Å². The molecule has 0 spiro atoms. The van der Waals surface area contributed by atoms with Gasteiger partial charge in [0.05, 0.1) is 23.3 Å². The number of carbonyl (C=O) groups excluding carboxylic acids is 1. The highest BCUT2D eigenvalue weighted by molar-refractivity contribution is 9.07. The van der Waals surface area contributed by atoms with Crippen LogP contribution < -0.4 is 4.74 Å². The molecule has 0 radical (unpaired) electrons. The molecular formula is C12H16BrNO2. The summed E-state index contributed by atoms with van der Waals surface area (Å²) in [6, 6.07) is 8.00. The van der Waals surface area contributed by atoms with Gasteiger partial charge in [-0.25, -0.2) is 0 Å². The van der Waals surface area contributed by atoms with Gasteiger partial charge in [0.25, 0.3) is 0 Å². The minimum Gasteiger partial charge on any atom is -0.497 e. The lowest BCUT2D eigenvalue weighted by atomic mass is 10.1. The van der Waals surface area contributed by atoms with Crippen LogP contribution in [0.5, 0.6) is 5.75 Å². The third-order valence-corrected chi connectivity index (χ3v) is 3.58. The fourth-order valence-corrected chi connectivity index (χ4v) is 1.64. The Bertz CT molecular complexity index is 351. The fraction of sp³-hybridized carbons (Fsp3) is 0.417. The molecule has 0 aliphatic heterocycles. The molecule has 4 heteroatoms. The zero-order valence-corrected chi connectivity index (χ0v) is 11.3. The molecule has 0 aliphatic rings. The van der Waals surface area contributed by atoms with Gasteiger partial charge in [-0.15, -0.1) is 0 Å². The second kappa shape index (κ2) is 5.89. The third-order valence-electron chi connectivity index (χ3n) is 2.38. The van der Waals surface area contributed by atoms with Gasteiger partial charge in [-0.2, -0.15) is 0 Å². The van der Waals surface area contributed by atoms with E-state index in [0.29, 0.717) is 0 Å². The molecule has 0 fully saturated rings. The van der Waals surface area contributed by atoms with Crippen molar-refractivity contribution < 1.29 is 9.53 Å². The highest BCUT2D eigenvalue weighted by atomic mass is 79.9. The lowest BCUT2D eigenvalue weighted by Crippen LogP contribution is -2.29. The minimum absolute atomic E-state index is 0.0148. The van der Waals surface area contributed by atoms with Crippen LogP contribution in [0.4, 0.5) is 0 Å². The first-order valence-electron chi connectivity index (χ1n) is 5.13. The van der Waals surface area contributed by atoms with Gasteiger partial charge >= 0.3 is 0 Å². The van der Waals surface area contributed by atoms with E-state index in [2.05, 4.69) is 16.1 Å². The Morgan fingerprint density at radius 1 is 1.44 bits per heavy atom. The molecule has 1 atom stereocenters. The number of benzene rings is 1. The third kappa shape index (κ3) is 3.52. The molecule has 0 saturated carbocycles. The van der Waals surface area contributed by atoms with Crippen molar-refractivity contribution in [2.45, 2.75) is 26.3 Å². The van der Waals surface area contributed by atoms with Crippen LogP contribution in [0, 0.1) is 0 Å². The van der Waals surface area contributed by atoms with Crippen LogP contribution in [0.25, 0.3) is 0 Å². The van der Waals surface area contributed by atoms with Crippen LogP contribution in [0.2, 0.25) is 0 Å². The molecule has 0 aromatic heterocycles. The number of hydrogen-bond donors (Lipinski definition) is 0. The predicted molar refractivity (Wildman–Crippen MR) is 67.6 cm³/mol. The van der Waals surface area contributed by atoms with Gasteiger partial charge in [0.2, 0.25) is 5.91 Å². The molecule has 1 unspecified atom stereocenters. The maximum atomic E-state index is 11.1. The summed E-state index contributed by atoms with van der Waals surface area (Å²) in [7, 11) is 1.65. The maximum Gasteiger partial charge on any atom is 0.229 e. The van der Waals surface area contributed by atoms with Crippen LogP contribution in [-0.2, 0) is 11.2 Å². The van der Waals surface area contributed by atoms with Crippen molar-refractivity contribution in [2.75, 3.05) is 7.11 Å². The van der Waals surface area contributed by atoms with E-state index in [9.17, 15) is 4.79 Å². The van der Waals surface area contributed by atoms with E-state index in [0.717, 1.165) is 12.2 Å². The number of rotatable bonds is 4. The molecule has 0 heterocycles. The zero-order valence-electron chi connectivity index (χ0n) is 9.74. The number of ether oxygens (including phenoxy) is 1. The van der Waals surface area contributed by atoms with Crippen molar-refractivity contribution >= 4 is 22.1 Å². The van der Waals surface area contributed by atoms with Gasteiger partial charge < -0.3 is 4.74 Å². The van der Waals surface area contributed by atoms with Crippen LogP contribution in [0.3, 0.4) is 0 Å². The van der Waals surface area contributed by atoms with Gasteiger partial charge in [0, 0.05) is 13.0 Å². The van der Waals surface area contributed by atoms with E-state index < -0.39 is 0 Å². The molecule has 1 rings (SSSR count). The van der Waals surface area contributed by atoms with Crippen molar-refractivity contribution in [3.05, 3.63) is 29.8 Å². The average molecular weight is 286 g/mol. The number of amides is 1. The molecule has 0 saturated heterocycles. The highest BCUT2D eigenvalue weighted by Gasteiger charge is 2.13. The van der Waals surface area contributed by atoms with Crippen LogP contribution in [0.15, 0.2) is 24.3 Å². The standard InChI is InChI=1S/C12H16BrNO2/c1-9(14(13)10(2)15)8-11-4-6-12(16-3)7-5-11/h4-7,9H,8H2,1-3H3.